The van der Waals surface area contributed by atoms with E-state index in [9.17, 15) is 0 Å². The van der Waals surface area contributed by atoms with Crippen molar-refractivity contribution >= 4 is 0 Å². The van der Waals surface area contributed by atoms with Crippen LogP contribution in [0.5, 0.6) is 0 Å². The quantitative estimate of drug-likeness (QED) is 0.541. The van der Waals surface area contributed by atoms with E-state index in [4.69, 9.17) is 11.5 Å². The summed E-state index contributed by atoms with van der Waals surface area (Å²) in [5.74, 6) is 0. The maximum absolute atomic E-state index is 4.90. The largest absolute Gasteiger partial charge is 0.329 e. The van der Waals surface area contributed by atoms with Crippen LogP contribution in [0, 0.1) is 0 Å². The van der Waals surface area contributed by atoms with Crippen LogP contribution in [0.25, 0.3) is 0 Å². The third-order valence-corrected chi connectivity index (χ3v) is 0.167. The van der Waals surface area contributed by atoms with Crippen molar-refractivity contribution in [3.63, 3.8) is 0 Å². The zero-order chi connectivity index (χ0) is 7.41. The van der Waals surface area contributed by atoms with Gasteiger partial charge in [0.15, 0.2) is 0 Å². The monoisotopic (exact) mass is 120 g/mol. The fraction of sp³-hybridized carbons (Fsp3) is 1.00. The standard InChI is InChI=1S/C2H8N2.2C2H6/c3-1-2-4;2*1-2/h1-4H2;2*1-2H3. The summed E-state index contributed by atoms with van der Waals surface area (Å²) in [5, 5.41) is 0. The van der Waals surface area contributed by atoms with E-state index in [1.165, 1.54) is 0 Å². The second kappa shape index (κ2) is 65.8. The molecule has 0 aromatic heterocycles. The highest BCUT2D eigenvalue weighted by Crippen LogP contribution is 1.24. The summed E-state index contributed by atoms with van der Waals surface area (Å²) in [6, 6.07) is 0. The zero-order valence-corrected chi connectivity index (χ0v) is 6.57. The molecule has 0 rings (SSSR count). The number of nitrogens with two attached hydrogens (primary N) is 2. The molecule has 2 heteroatoms. The summed E-state index contributed by atoms with van der Waals surface area (Å²) in [4.78, 5) is 0. The lowest BCUT2D eigenvalue weighted by Crippen LogP contribution is -2.11. The van der Waals surface area contributed by atoms with Crippen molar-refractivity contribution in [2.75, 3.05) is 13.1 Å². The first kappa shape index (κ1) is 15.7. The molecule has 0 saturated heterocycles. The third-order valence-electron chi connectivity index (χ3n) is 0.167. The lowest BCUT2D eigenvalue weighted by atomic mass is 10.7. The molecule has 0 aliphatic rings. The maximum atomic E-state index is 4.90. The molecule has 0 aromatic carbocycles. The van der Waals surface area contributed by atoms with Crippen LogP contribution >= 0.6 is 0 Å². The van der Waals surface area contributed by atoms with E-state index in [1.807, 2.05) is 27.7 Å². The molecular weight excluding hydrogens is 100 g/mol. The van der Waals surface area contributed by atoms with E-state index in [2.05, 4.69) is 0 Å². The molecule has 0 aromatic rings. The van der Waals surface area contributed by atoms with Gasteiger partial charge in [-0.15, -0.1) is 0 Å². The fourth-order valence-corrected chi connectivity index (χ4v) is 0. The van der Waals surface area contributed by atoms with Crippen LogP contribution in [-0.2, 0) is 0 Å². The van der Waals surface area contributed by atoms with Gasteiger partial charge in [0, 0.05) is 13.1 Å². The molecule has 0 aliphatic carbocycles. The highest BCUT2D eigenvalue weighted by Gasteiger charge is 1.54. The van der Waals surface area contributed by atoms with E-state index in [0.717, 1.165) is 0 Å². The van der Waals surface area contributed by atoms with E-state index in [-0.39, 0.29) is 0 Å². The van der Waals surface area contributed by atoms with Crippen LogP contribution < -0.4 is 11.5 Å². The molecule has 0 bridgehead atoms. The Hall–Kier alpha value is -0.0800. The summed E-state index contributed by atoms with van der Waals surface area (Å²) >= 11 is 0. The van der Waals surface area contributed by atoms with Gasteiger partial charge < -0.3 is 11.5 Å². The molecule has 54 valence electrons. The molecule has 0 amide bonds. The Morgan fingerprint density at radius 3 is 0.875 bits per heavy atom. The van der Waals surface area contributed by atoms with E-state index in [0.29, 0.717) is 13.1 Å². The Balaban J connectivity index is -0.0000000542. The van der Waals surface area contributed by atoms with Crippen LogP contribution in [0.4, 0.5) is 0 Å². The van der Waals surface area contributed by atoms with E-state index < -0.39 is 0 Å². The van der Waals surface area contributed by atoms with Crippen molar-refractivity contribution in [1.82, 2.24) is 0 Å². The molecule has 0 radical (unpaired) electrons. The van der Waals surface area contributed by atoms with E-state index >= 15 is 0 Å². The second-order valence-electron chi connectivity index (χ2n) is 0.577. The van der Waals surface area contributed by atoms with Gasteiger partial charge in [0.2, 0.25) is 0 Å². The molecule has 0 heterocycles. The van der Waals surface area contributed by atoms with Crippen LogP contribution in [0.15, 0.2) is 0 Å². The normalized spacial score (nSPS) is 5.25. The SMILES string of the molecule is CC.CC.NCCN. The molecular formula is C6H20N2. The zero-order valence-electron chi connectivity index (χ0n) is 6.57. The molecule has 0 saturated carbocycles. The van der Waals surface area contributed by atoms with Gasteiger partial charge in [0.25, 0.3) is 0 Å². The fourth-order valence-electron chi connectivity index (χ4n) is 0. The summed E-state index contributed by atoms with van der Waals surface area (Å²) in [7, 11) is 0. The van der Waals surface area contributed by atoms with Crippen molar-refractivity contribution in [3.8, 4) is 0 Å². The minimum Gasteiger partial charge on any atom is -0.329 e. The van der Waals surface area contributed by atoms with Gasteiger partial charge in [-0.3, -0.25) is 0 Å². The van der Waals surface area contributed by atoms with Gasteiger partial charge in [0.1, 0.15) is 0 Å². The molecule has 0 atom stereocenters. The lowest BCUT2D eigenvalue weighted by Gasteiger charge is -1.72. The average molecular weight is 120 g/mol. The van der Waals surface area contributed by atoms with Gasteiger partial charge in [-0.2, -0.15) is 0 Å². The Morgan fingerprint density at radius 1 is 0.750 bits per heavy atom. The van der Waals surface area contributed by atoms with Crippen LogP contribution in [0.1, 0.15) is 27.7 Å². The highest BCUT2D eigenvalue weighted by atomic mass is 14.6. The van der Waals surface area contributed by atoms with Crippen LogP contribution in [0.3, 0.4) is 0 Å². The summed E-state index contributed by atoms with van der Waals surface area (Å²) in [6.45, 7) is 9.19. The molecule has 2 nitrogen and oxygen atoms in total. The Kier molecular flexibility index (Phi) is 129. The first-order valence-electron chi connectivity index (χ1n) is 3.32. The maximum Gasteiger partial charge on any atom is 0.00461 e. The highest BCUT2D eigenvalue weighted by molar-refractivity contribution is 4.26. The van der Waals surface area contributed by atoms with Gasteiger partial charge in [-0.1, -0.05) is 27.7 Å². The average Bonchev–Trinajstić information content (AvgIpc) is 1.96. The Labute approximate surface area is 53.3 Å². The van der Waals surface area contributed by atoms with Gasteiger partial charge in [0.05, 0.1) is 0 Å². The van der Waals surface area contributed by atoms with Crippen LogP contribution in [-0.4, -0.2) is 13.1 Å². The molecule has 0 aliphatic heterocycles. The third kappa shape index (κ3) is 169. The number of rotatable bonds is 1. The van der Waals surface area contributed by atoms with Crippen molar-refractivity contribution < 1.29 is 0 Å². The first-order valence-corrected chi connectivity index (χ1v) is 3.32. The lowest BCUT2D eigenvalue weighted by molar-refractivity contribution is 0.976. The predicted molar refractivity (Wildman–Crippen MR) is 40.8 cm³/mol. The van der Waals surface area contributed by atoms with Crippen molar-refractivity contribution in [3.05, 3.63) is 0 Å². The predicted octanol–water partition coefficient (Wildman–Crippen LogP) is 0.956. The minimum absolute atomic E-state index is 0.597. The van der Waals surface area contributed by atoms with E-state index in [1.54, 1.807) is 0 Å². The Morgan fingerprint density at radius 2 is 0.875 bits per heavy atom. The first-order chi connectivity index (χ1) is 3.91. The summed E-state index contributed by atoms with van der Waals surface area (Å²) in [5.41, 5.74) is 9.81. The molecule has 8 heavy (non-hydrogen) atoms. The Bertz CT molecular complexity index is 8.49. The summed E-state index contributed by atoms with van der Waals surface area (Å²) < 4.78 is 0. The molecule has 4 N–H and O–H groups in total. The summed E-state index contributed by atoms with van der Waals surface area (Å²) in [6.07, 6.45) is 0. The molecule has 0 fully saturated rings. The second-order valence-corrected chi connectivity index (χ2v) is 0.577. The number of hydrogen-bond acceptors (Lipinski definition) is 2. The minimum atomic E-state index is 0.597. The van der Waals surface area contributed by atoms with Crippen molar-refractivity contribution in [1.29, 1.82) is 0 Å². The van der Waals surface area contributed by atoms with Crippen molar-refractivity contribution in [2.24, 2.45) is 11.5 Å². The van der Waals surface area contributed by atoms with Gasteiger partial charge in [-0.25, -0.2) is 0 Å². The number of hydrogen-bond donors (Lipinski definition) is 2. The molecule has 0 unspecified atom stereocenters. The van der Waals surface area contributed by atoms with Crippen LogP contribution in [0.2, 0.25) is 0 Å². The topological polar surface area (TPSA) is 52.0 Å². The van der Waals surface area contributed by atoms with Crippen molar-refractivity contribution in [2.45, 2.75) is 27.7 Å². The van der Waals surface area contributed by atoms with Gasteiger partial charge in [-0.05, 0) is 0 Å². The smallest absolute Gasteiger partial charge is 0.00461 e. The molecule has 0 spiro atoms. The van der Waals surface area contributed by atoms with Gasteiger partial charge >= 0.3 is 0 Å².